The standard InChI is InChI=1S/C32H39N3O6/c1-5-41-31(37)20-28(25-11-14-30(38-4)27(19-25)23(3)36)26-12-13-29-32(22(26)2)33-34-35(29)15-16-39-17-18-40-21-24-9-7-6-8-10-24/h6-14,19,23,28,36H,5,15-18,20-21H2,1-4H3/t23-,28?/m1/s1. The van der Waals surface area contributed by atoms with Crippen molar-refractivity contribution < 1.29 is 28.8 Å². The minimum Gasteiger partial charge on any atom is -0.496 e. The summed E-state index contributed by atoms with van der Waals surface area (Å²) in [4.78, 5) is 12.7. The second-order valence-corrected chi connectivity index (χ2v) is 9.85. The molecular formula is C32H39N3O6. The lowest BCUT2D eigenvalue weighted by atomic mass is 9.84. The summed E-state index contributed by atoms with van der Waals surface area (Å²) >= 11 is 0. The number of aromatic nitrogens is 3. The fraction of sp³-hybridized carbons (Fsp3) is 0.406. The first kappa shape index (κ1) is 30.2. The number of carbonyl (C=O) groups is 1. The summed E-state index contributed by atoms with van der Waals surface area (Å²) < 4.78 is 24.0. The van der Waals surface area contributed by atoms with Gasteiger partial charge in [-0.2, -0.15) is 0 Å². The summed E-state index contributed by atoms with van der Waals surface area (Å²) in [6.07, 6.45) is -0.575. The van der Waals surface area contributed by atoms with Crippen LogP contribution in [-0.4, -0.2) is 59.6 Å². The van der Waals surface area contributed by atoms with Crippen LogP contribution in [0, 0.1) is 6.92 Å². The third kappa shape index (κ3) is 7.70. The molecule has 0 aliphatic heterocycles. The first-order valence-electron chi connectivity index (χ1n) is 14.0. The van der Waals surface area contributed by atoms with E-state index in [1.807, 2.05) is 72.3 Å². The number of rotatable bonds is 15. The maximum absolute atomic E-state index is 12.7. The second kappa shape index (κ2) is 14.7. The molecule has 2 atom stereocenters. The van der Waals surface area contributed by atoms with Crippen molar-refractivity contribution in [1.29, 1.82) is 0 Å². The maximum Gasteiger partial charge on any atom is 0.306 e. The molecule has 41 heavy (non-hydrogen) atoms. The van der Waals surface area contributed by atoms with Gasteiger partial charge in [-0.05, 0) is 61.2 Å². The van der Waals surface area contributed by atoms with Crippen LogP contribution in [0.2, 0.25) is 0 Å². The average molecular weight is 562 g/mol. The minimum absolute atomic E-state index is 0.153. The highest BCUT2D eigenvalue weighted by Gasteiger charge is 2.24. The molecule has 4 rings (SSSR count). The van der Waals surface area contributed by atoms with Gasteiger partial charge in [0.05, 0.1) is 64.7 Å². The third-order valence-electron chi connectivity index (χ3n) is 7.07. The molecule has 0 spiro atoms. The molecular weight excluding hydrogens is 522 g/mol. The predicted molar refractivity (Wildman–Crippen MR) is 156 cm³/mol. The van der Waals surface area contributed by atoms with Crippen LogP contribution in [0.3, 0.4) is 0 Å². The van der Waals surface area contributed by atoms with Crippen LogP contribution in [0.5, 0.6) is 5.75 Å². The highest BCUT2D eigenvalue weighted by Crippen LogP contribution is 2.37. The zero-order valence-corrected chi connectivity index (χ0v) is 24.2. The fourth-order valence-electron chi connectivity index (χ4n) is 4.95. The van der Waals surface area contributed by atoms with E-state index in [1.165, 1.54) is 0 Å². The molecule has 0 saturated carbocycles. The molecule has 1 unspecified atom stereocenters. The monoisotopic (exact) mass is 561 g/mol. The van der Waals surface area contributed by atoms with Gasteiger partial charge in [-0.25, -0.2) is 4.68 Å². The first-order valence-corrected chi connectivity index (χ1v) is 14.0. The fourth-order valence-corrected chi connectivity index (χ4v) is 4.95. The molecule has 0 bridgehead atoms. The Morgan fingerprint density at radius 1 is 1.00 bits per heavy atom. The molecule has 1 N–H and O–H groups in total. The van der Waals surface area contributed by atoms with Crippen molar-refractivity contribution in [2.45, 2.75) is 52.4 Å². The Balaban J connectivity index is 1.47. The van der Waals surface area contributed by atoms with Crippen molar-refractivity contribution in [2.75, 3.05) is 33.5 Å². The number of nitrogens with zero attached hydrogens (tertiary/aromatic N) is 3. The largest absolute Gasteiger partial charge is 0.496 e. The van der Waals surface area contributed by atoms with E-state index in [4.69, 9.17) is 18.9 Å². The number of esters is 1. The number of ether oxygens (including phenoxy) is 4. The zero-order chi connectivity index (χ0) is 29.2. The van der Waals surface area contributed by atoms with Gasteiger partial charge in [0, 0.05) is 11.5 Å². The Morgan fingerprint density at radius 2 is 1.78 bits per heavy atom. The lowest BCUT2D eigenvalue weighted by Gasteiger charge is -2.22. The molecule has 0 aliphatic carbocycles. The quantitative estimate of drug-likeness (QED) is 0.158. The number of aryl methyl sites for hydroxylation is 1. The van der Waals surface area contributed by atoms with Crippen LogP contribution in [0.1, 0.15) is 60.1 Å². The van der Waals surface area contributed by atoms with Crippen LogP contribution in [0.25, 0.3) is 11.0 Å². The highest BCUT2D eigenvalue weighted by molar-refractivity contribution is 5.80. The van der Waals surface area contributed by atoms with E-state index in [2.05, 4.69) is 10.3 Å². The molecule has 3 aromatic carbocycles. The van der Waals surface area contributed by atoms with Crippen LogP contribution in [-0.2, 0) is 32.2 Å². The molecule has 0 aliphatic rings. The molecule has 0 fully saturated rings. The van der Waals surface area contributed by atoms with Crippen LogP contribution in [0.4, 0.5) is 0 Å². The van der Waals surface area contributed by atoms with Crippen molar-refractivity contribution in [3.63, 3.8) is 0 Å². The van der Waals surface area contributed by atoms with Crippen molar-refractivity contribution in [1.82, 2.24) is 15.0 Å². The molecule has 4 aromatic rings. The lowest BCUT2D eigenvalue weighted by Crippen LogP contribution is -2.14. The summed E-state index contributed by atoms with van der Waals surface area (Å²) in [5.74, 6) is 0.00455. The number of aliphatic hydroxyl groups is 1. The van der Waals surface area contributed by atoms with E-state index in [0.717, 1.165) is 33.3 Å². The van der Waals surface area contributed by atoms with Gasteiger partial charge >= 0.3 is 5.97 Å². The molecule has 1 aromatic heterocycles. The Morgan fingerprint density at radius 3 is 2.51 bits per heavy atom. The summed E-state index contributed by atoms with van der Waals surface area (Å²) in [6, 6.07) is 19.7. The van der Waals surface area contributed by atoms with Crippen molar-refractivity contribution in [3.05, 3.63) is 88.5 Å². The third-order valence-corrected chi connectivity index (χ3v) is 7.07. The van der Waals surface area contributed by atoms with E-state index in [9.17, 15) is 9.90 Å². The number of aliphatic hydroxyl groups excluding tert-OH is 1. The highest BCUT2D eigenvalue weighted by atomic mass is 16.5. The van der Waals surface area contributed by atoms with E-state index in [0.29, 0.717) is 50.9 Å². The Labute approximate surface area is 241 Å². The molecule has 1 heterocycles. The van der Waals surface area contributed by atoms with Gasteiger partial charge in [-0.3, -0.25) is 4.79 Å². The Hall–Kier alpha value is -3.79. The van der Waals surface area contributed by atoms with Crippen LogP contribution in [0.15, 0.2) is 60.7 Å². The van der Waals surface area contributed by atoms with Gasteiger partial charge in [0.15, 0.2) is 0 Å². The minimum atomic E-state index is -0.728. The smallest absolute Gasteiger partial charge is 0.306 e. The van der Waals surface area contributed by atoms with Gasteiger partial charge < -0.3 is 24.1 Å². The van der Waals surface area contributed by atoms with Gasteiger partial charge in [0.2, 0.25) is 0 Å². The van der Waals surface area contributed by atoms with E-state index in [1.54, 1.807) is 21.0 Å². The van der Waals surface area contributed by atoms with E-state index in [-0.39, 0.29) is 18.3 Å². The van der Waals surface area contributed by atoms with Gasteiger partial charge in [0.1, 0.15) is 11.3 Å². The van der Waals surface area contributed by atoms with Gasteiger partial charge in [-0.15, -0.1) is 5.10 Å². The number of benzene rings is 3. The Bertz CT molecular complexity index is 1420. The zero-order valence-electron chi connectivity index (χ0n) is 24.2. The average Bonchev–Trinajstić information content (AvgIpc) is 3.40. The maximum atomic E-state index is 12.7. The van der Waals surface area contributed by atoms with E-state index < -0.39 is 6.10 Å². The number of hydrogen-bond acceptors (Lipinski definition) is 8. The van der Waals surface area contributed by atoms with E-state index >= 15 is 0 Å². The summed E-state index contributed by atoms with van der Waals surface area (Å²) in [7, 11) is 1.57. The molecule has 0 radical (unpaired) electrons. The number of carbonyl (C=O) groups excluding carboxylic acids is 1. The summed E-state index contributed by atoms with van der Waals surface area (Å²) in [6.45, 7) is 8.39. The lowest BCUT2D eigenvalue weighted by molar-refractivity contribution is -0.143. The van der Waals surface area contributed by atoms with Crippen LogP contribution >= 0.6 is 0 Å². The van der Waals surface area contributed by atoms with Crippen molar-refractivity contribution in [3.8, 4) is 5.75 Å². The predicted octanol–water partition coefficient (Wildman–Crippen LogP) is 5.12. The van der Waals surface area contributed by atoms with Crippen molar-refractivity contribution >= 4 is 17.0 Å². The second-order valence-electron chi connectivity index (χ2n) is 9.85. The molecule has 0 amide bonds. The molecule has 9 nitrogen and oxygen atoms in total. The van der Waals surface area contributed by atoms with Crippen molar-refractivity contribution in [2.24, 2.45) is 0 Å². The molecule has 0 saturated heterocycles. The van der Waals surface area contributed by atoms with Gasteiger partial charge in [-0.1, -0.05) is 47.7 Å². The normalized spacial score (nSPS) is 12.8. The molecule has 9 heteroatoms. The first-order chi connectivity index (χ1) is 19.9. The summed E-state index contributed by atoms with van der Waals surface area (Å²) in [5.41, 5.74) is 6.23. The molecule has 218 valence electrons. The number of hydrogen-bond donors (Lipinski definition) is 1. The number of methoxy groups -OCH3 is 1. The Kier molecular flexibility index (Phi) is 10.8. The summed E-state index contributed by atoms with van der Waals surface area (Å²) in [5, 5.41) is 19.2. The van der Waals surface area contributed by atoms with Crippen LogP contribution < -0.4 is 4.74 Å². The SMILES string of the molecule is CCOC(=O)CC(c1ccc(OC)c([C@@H](C)O)c1)c1ccc2c(nnn2CCOCCOCc2ccccc2)c1C. The number of fused-ring (bicyclic) bond motifs is 1. The topological polar surface area (TPSA) is 105 Å². The van der Waals surface area contributed by atoms with Gasteiger partial charge in [0.25, 0.3) is 0 Å².